The SMILES string of the molecule is C=CCCCCC/C=C\c1cc(-n2nc3c(c2-n2ccn(-c4ccc5c(cnn5C)c4F)c2=O)[C@H](C)N(C(=O)c2cc4cc([C@H]5CCOC(C)(C)C5)ccc4n2[C@@]2(c4noc(=O)[nH]4)C[C@@H]2COCC=C)CC3)cc(C)c1F. The molecule has 1 N–H and O–H groups in total. The van der Waals surface area contributed by atoms with Gasteiger partial charge in [0.1, 0.15) is 22.9 Å². The standard InChI is InChI=1S/C59H64F2N10O6/c1-8-10-11-12-13-14-15-16-39-30-43(28-36(3)51(39)60)71-53(69-25-24-68(57(69)74)48-20-19-47-44(52(48)61)34-62-66(47)7)50-37(4)67(23-21-45(50)64-71)54(72)49-31-41-29-38(40-22-27-76-58(5,6)32-40)17-18-46(41)70(49)59(55-63-56(73)77-65-55)33-42(59)35-75-26-9-2/h8-9,15-20,24-25,28-31,34,37,40,42H,1-2,10-14,21-23,26-27,32-33,35H2,3-7H3,(H,63,65,73)/b16-15-/t37-,40-,42+,59-/m0/s1. The second-order valence-electron chi connectivity index (χ2n) is 21.5. The summed E-state index contributed by atoms with van der Waals surface area (Å²) in [6.07, 6.45) is 19.1. The van der Waals surface area contributed by atoms with E-state index in [1.54, 1.807) is 70.8 Å². The van der Waals surface area contributed by atoms with Gasteiger partial charge in [0.2, 0.25) is 0 Å². The van der Waals surface area contributed by atoms with Crippen molar-refractivity contribution >= 4 is 33.8 Å². The number of nitrogens with one attached hydrogen (secondary N) is 1. The lowest BCUT2D eigenvalue weighted by Gasteiger charge is -2.35. The summed E-state index contributed by atoms with van der Waals surface area (Å²) >= 11 is 0. The van der Waals surface area contributed by atoms with Gasteiger partial charge < -0.3 is 18.9 Å². The minimum atomic E-state index is -1.02. The Morgan fingerprint density at radius 2 is 1.78 bits per heavy atom. The fourth-order valence-corrected chi connectivity index (χ4v) is 12.0. The second-order valence-corrected chi connectivity index (χ2v) is 21.5. The van der Waals surface area contributed by atoms with E-state index < -0.39 is 28.8 Å². The number of aromatic nitrogens is 9. The third-order valence-electron chi connectivity index (χ3n) is 16.0. The number of hydrogen-bond donors (Lipinski definition) is 1. The Morgan fingerprint density at radius 1 is 0.974 bits per heavy atom. The lowest BCUT2D eigenvalue weighted by atomic mass is 9.83. The van der Waals surface area contributed by atoms with Crippen LogP contribution in [-0.2, 0) is 28.5 Å². The number of carbonyl (C=O) groups excluding carboxylic acids is 1. The largest absolute Gasteiger partial charge is 0.438 e. The number of amides is 1. The van der Waals surface area contributed by atoms with Gasteiger partial charge in [-0.05, 0) is 132 Å². The molecule has 0 spiro atoms. The minimum absolute atomic E-state index is 0.0285. The number of aryl methyl sites for hydroxylation is 2. The number of allylic oxidation sites excluding steroid dienone is 2. The van der Waals surface area contributed by atoms with E-state index in [0.717, 1.165) is 61.4 Å². The second kappa shape index (κ2) is 20.3. The highest BCUT2D eigenvalue weighted by Gasteiger charge is 2.61. The third-order valence-corrected chi connectivity index (χ3v) is 16.0. The molecule has 3 aliphatic rings. The highest BCUT2D eigenvalue weighted by Crippen LogP contribution is 2.56. The van der Waals surface area contributed by atoms with Gasteiger partial charge in [-0.25, -0.2) is 23.1 Å². The zero-order valence-electron chi connectivity index (χ0n) is 44.2. The van der Waals surface area contributed by atoms with Crippen molar-refractivity contribution in [2.24, 2.45) is 13.0 Å². The van der Waals surface area contributed by atoms with E-state index in [9.17, 15) is 4.79 Å². The van der Waals surface area contributed by atoms with Gasteiger partial charge in [-0.2, -0.15) is 10.2 Å². The summed E-state index contributed by atoms with van der Waals surface area (Å²) in [6.45, 7) is 16.9. The molecule has 0 bridgehead atoms. The molecule has 11 rings (SSSR count). The van der Waals surface area contributed by atoms with Crippen LogP contribution >= 0.6 is 0 Å². The van der Waals surface area contributed by atoms with Gasteiger partial charge in [0.25, 0.3) is 5.91 Å². The maximum Gasteiger partial charge on any atom is 0.438 e. The Balaban J connectivity index is 1.05. The van der Waals surface area contributed by atoms with E-state index >= 15 is 18.4 Å². The minimum Gasteiger partial charge on any atom is -0.377 e. The van der Waals surface area contributed by atoms with Crippen molar-refractivity contribution in [2.45, 2.75) is 109 Å². The van der Waals surface area contributed by atoms with Crippen LogP contribution in [-0.4, -0.2) is 86.2 Å². The molecule has 18 heteroatoms. The topological polar surface area (TPSA) is 165 Å². The van der Waals surface area contributed by atoms with E-state index in [4.69, 9.17) is 19.1 Å². The van der Waals surface area contributed by atoms with Crippen molar-refractivity contribution in [1.29, 1.82) is 0 Å². The first-order valence-electron chi connectivity index (χ1n) is 26.6. The van der Waals surface area contributed by atoms with Crippen molar-refractivity contribution < 1.29 is 27.6 Å². The van der Waals surface area contributed by atoms with Gasteiger partial charge in [-0.3, -0.25) is 28.1 Å². The summed E-state index contributed by atoms with van der Waals surface area (Å²) in [6, 6.07) is 14.2. The van der Waals surface area contributed by atoms with Gasteiger partial charge >= 0.3 is 11.4 Å². The third kappa shape index (κ3) is 9.13. The molecule has 8 aromatic rings. The molecule has 1 saturated heterocycles. The molecule has 1 aliphatic carbocycles. The van der Waals surface area contributed by atoms with Crippen molar-refractivity contribution in [1.82, 2.24) is 48.3 Å². The number of ether oxygens (including phenoxy) is 2. The van der Waals surface area contributed by atoms with E-state index in [2.05, 4.69) is 54.4 Å². The zero-order chi connectivity index (χ0) is 53.9. The average molecular weight is 1050 g/mol. The Bertz CT molecular complexity index is 3750. The molecule has 4 atom stereocenters. The predicted octanol–water partition coefficient (Wildman–Crippen LogP) is 10.5. The van der Waals surface area contributed by atoms with Crippen LogP contribution in [0.4, 0.5) is 8.78 Å². The number of unbranched alkanes of at least 4 members (excludes halogenated alkanes) is 4. The molecule has 7 heterocycles. The summed E-state index contributed by atoms with van der Waals surface area (Å²) in [7, 11) is 1.72. The first kappa shape index (κ1) is 51.4. The summed E-state index contributed by atoms with van der Waals surface area (Å²) in [5.41, 5.74) is 3.42. The molecule has 16 nitrogen and oxygen atoms in total. The number of fused-ring (bicyclic) bond motifs is 3. The molecule has 2 aliphatic heterocycles. The zero-order valence-corrected chi connectivity index (χ0v) is 44.2. The van der Waals surface area contributed by atoms with Crippen LogP contribution in [0.25, 0.3) is 45.1 Å². The van der Waals surface area contributed by atoms with Crippen LogP contribution in [0.2, 0.25) is 0 Å². The summed E-state index contributed by atoms with van der Waals surface area (Å²) in [5.74, 6) is -1.39. The number of imidazole rings is 1. The Labute approximate surface area is 443 Å². The number of aromatic amines is 1. The van der Waals surface area contributed by atoms with E-state index in [1.165, 1.54) is 21.5 Å². The van der Waals surface area contributed by atoms with Gasteiger partial charge in [0.05, 0.1) is 59.0 Å². The molecular weight excluding hydrogens is 983 g/mol. The maximum absolute atomic E-state index is 16.4. The normalized spacial score (nSPS) is 20.1. The van der Waals surface area contributed by atoms with Crippen molar-refractivity contribution in [3.05, 3.63) is 171 Å². The summed E-state index contributed by atoms with van der Waals surface area (Å²) < 4.78 is 57.6. The van der Waals surface area contributed by atoms with Crippen LogP contribution < -0.4 is 11.4 Å². The predicted molar refractivity (Wildman–Crippen MR) is 290 cm³/mol. The van der Waals surface area contributed by atoms with Gasteiger partial charge in [-0.15, -0.1) is 13.2 Å². The molecular formula is C59H64F2N10O6. The fourth-order valence-electron chi connectivity index (χ4n) is 12.0. The van der Waals surface area contributed by atoms with Crippen LogP contribution in [0.5, 0.6) is 0 Å². The van der Waals surface area contributed by atoms with Crippen molar-refractivity contribution in [3.63, 3.8) is 0 Å². The average Bonchev–Trinajstić information content (AvgIpc) is 3.57. The molecule has 1 saturated carbocycles. The lowest BCUT2D eigenvalue weighted by Crippen LogP contribution is -2.41. The van der Waals surface area contributed by atoms with Crippen LogP contribution in [0.15, 0.2) is 113 Å². The number of nitrogens with zero attached hydrogens (tertiary/aromatic N) is 9. The van der Waals surface area contributed by atoms with Crippen LogP contribution in [0.1, 0.15) is 128 Å². The van der Waals surface area contributed by atoms with Gasteiger partial charge in [-0.1, -0.05) is 41.9 Å². The highest BCUT2D eigenvalue weighted by molar-refractivity contribution is 6.00. The van der Waals surface area contributed by atoms with Crippen molar-refractivity contribution in [3.8, 4) is 17.2 Å². The van der Waals surface area contributed by atoms with Gasteiger partial charge in [0, 0.05) is 67.0 Å². The monoisotopic (exact) mass is 1050 g/mol. The summed E-state index contributed by atoms with van der Waals surface area (Å²) in [4.78, 5) is 48.3. The molecule has 3 aromatic carbocycles. The smallest absolute Gasteiger partial charge is 0.377 e. The number of hydrogen-bond acceptors (Lipinski definition) is 9. The Kier molecular flexibility index (Phi) is 13.6. The van der Waals surface area contributed by atoms with E-state index in [-0.39, 0.29) is 52.6 Å². The molecule has 1 amide bonds. The molecule has 77 heavy (non-hydrogen) atoms. The van der Waals surface area contributed by atoms with Crippen molar-refractivity contribution in [2.75, 3.05) is 26.4 Å². The number of H-pyrrole nitrogens is 1. The fraction of sp³-hybridized carbons (Fsp3) is 0.390. The number of halogens is 2. The summed E-state index contributed by atoms with van der Waals surface area (Å²) in [5, 5.41) is 14.8. The quantitative estimate of drug-likeness (QED) is 0.0650. The molecule has 0 radical (unpaired) electrons. The Hall–Kier alpha value is -7.70. The van der Waals surface area contributed by atoms with Crippen LogP contribution in [0, 0.1) is 24.5 Å². The lowest BCUT2D eigenvalue weighted by molar-refractivity contribution is -0.0592. The number of carbonyl (C=O) groups is 1. The van der Waals surface area contributed by atoms with E-state index in [0.29, 0.717) is 77.8 Å². The number of rotatable bonds is 18. The molecule has 5 aromatic heterocycles. The number of benzene rings is 3. The first-order valence-corrected chi connectivity index (χ1v) is 26.6. The maximum atomic E-state index is 16.4. The first-order chi connectivity index (χ1) is 37.1. The highest BCUT2D eigenvalue weighted by atomic mass is 19.1. The Morgan fingerprint density at radius 3 is 2.56 bits per heavy atom. The van der Waals surface area contributed by atoms with Gasteiger partial charge in [0.15, 0.2) is 11.6 Å². The molecule has 400 valence electrons. The molecule has 2 fully saturated rings. The van der Waals surface area contributed by atoms with Crippen LogP contribution in [0.3, 0.4) is 0 Å². The molecule has 0 unspecified atom stereocenters. The van der Waals surface area contributed by atoms with E-state index in [1.807, 2.05) is 35.8 Å².